The van der Waals surface area contributed by atoms with Crippen LogP contribution in [0.25, 0.3) is 0 Å². The highest BCUT2D eigenvalue weighted by Gasteiger charge is 2.35. The summed E-state index contributed by atoms with van der Waals surface area (Å²) in [6, 6.07) is 0. The van der Waals surface area contributed by atoms with E-state index in [-0.39, 0.29) is 17.6 Å². The largest absolute Gasteiger partial charge is 0.393 e. The van der Waals surface area contributed by atoms with Crippen molar-refractivity contribution in [2.45, 2.75) is 80.4 Å². The van der Waals surface area contributed by atoms with Crippen LogP contribution in [-0.2, 0) is 4.74 Å². The van der Waals surface area contributed by atoms with Crippen molar-refractivity contribution in [1.29, 1.82) is 0 Å². The molecule has 0 amide bonds. The molecule has 0 spiro atoms. The van der Waals surface area contributed by atoms with Crippen molar-refractivity contribution < 1.29 is 9.84 Å². The third-order valence-corrected chi connectivity index (χ3v) is 4.48. The Kier molecular flexibility index (Phi) is 6.87. The van der Waals surface area contributed by atoms with E-state index < -0.39 is 0 Å². The number of aliphatic hydroxyl groups excluding tert-OH is 1. The van der Waals surface area contributed by atoms with Gasteiger partial charge in [0.25, 0.3) is 0 Å². The van der Waals surface area contributed by atoms with E-state index in [1.165, 1.54) is 0 Å². The fourth-order valence-electron chi connectivity index (χ4n) is 2.16. The van der Waals surface area contributed by atoms with Crippen molar-refractivity contribution >= 4 is 0 Å². The predicted octanol–water partition coefficient (Wildman–Crippen LogP) is 4.26. The Morgan fingerprint density at radius 3 is 1.83 bits per heavy atom. The van der Waals surface area contributed by atoms with Crippen LogP contribution in [0.2, 0.25) is 0 Å². The quantitative estimate of drug-likeness (QED) is 0.705. The van der Waals surface area contributed by atoms with Crippen molar-refractivity contribution in [3.63, 3.8) is 0 Å². The summed E-state index contributed by atoms with van der Waals surface area (Å²) >= 11 is 0. The summed E-state index contributed by atoms with van der Waals surface area (Å²) in [7, 11) is 0. The maximum atomic E-state index is 9.25. The molecule has 2 nitrogen and oxygen atoms in total. The zero-order valence-electron chi connectivity index (χ0n) is 13.7. The van der Waals surface area contributed by atoms with E-state index in [1.54, 1.807) is 6.92 Å². The molecule has 0 saturated carbocycles. The van der Waals surface area contributed by atoms with Gasteiger partial charge in [-0.15, -0.1) is 0 Å². The molecule has 18 heavy (non-hydrogen) atoms. The maximum absolute atomic E-state index is 9.25. The summed E-state index contributed by atoms with van der Waals surface area (Å²) in [5, 5.41) is 9.25. The smallest absolute Gasteiger partial charge is 0.0598 e. The van der Waals surface area contributed by atoms with Crippen LogP contribution in [0.3, 0.4) is 0 Å². The van der Waals surface area contributed by atoms with E-state index >= 15 is 0 Å². The molecule has 1 N–H and O–H groups in total. The summed E-state index contributed by atoms with van der Waals surface area (Å²) < 4.78 is 5.88. The summed E-state index contributed by atoms with van der Waals surface area (Å²) in [6.07, 6.45) is 1.81. The molecule has 0 aliphatic carbocycles. The van der Waals surface area contributed by atoms with Gasteiger partial charge < -0.3 is 9.84 Å². The molecule has 0 radical (unpaired) electrons. The van der Waals surface area contributed by atoms with E-state index in [2.05, 4.69) is 48.5 Å². The van der Waals surface area contributed by atoms with Crippen molar-refractivity contribution in [3.8, 4) is 0 Å². The summed E-state index contributed by atoms with van der Waals surface area (Å²) in [5.41, 5.74) is 0.484. The van der Waals surface area contributed by atoms with Crippen LogP contribution in [-0.4, -0.2) is 23.9 Å². The molecule has 0 rings (SSSR count). The number of rotatable bonds is 8. The van der Waals surface area contributed by atoms with Gasteiger partial charge in [0.15, 0.2) is 0 Å². The van der Waals surface area contributed by atoms with Crippen molar-refractivity contribution in [1.82, 2.24) is 0 Å². The van der Waals surface area contributed by atoms with E-state index in [0.717, 1.165) is 6.42 Å². The van der Waals surface area contributed by atoms with Gasteiger partial charge in [0.05, 0.1) is 12.2 Å². The molecular formula is C16H34O2. The lowest BCUT2D eigenvalue weighted by atomic mass is 9.67. The molecule has 0 aliphatic heterocycles. The van der Waals surface area contributed by atoms with Crippen LogP contribution in [0.1, 0.15) is 68.2 Å². The molecule has 0 aromatic rings. The second-order valence-electron chi connectivity index (χ2n) is 7.46. The number of hydrogen-bond donors (Lipinski definition) is 1. The zero-order chi connectivity index (χ0) is 14.6. The average molecular weight is 258 g/mol. The molecule has 0 aromatic carbocycles. The third kappa shape index (κ3) is 6.19. The standard InChI is InChI=1S/C16H34O2/c1-12(2)15(5,6)11-16(7,8)14(4)18-10-9-13(3)17/h12-14,17H,9-11H2,1-8H3. The lowest BCUT2D eigenvalue weighted by Crippen LogP contribution is -2.36. The molecule has 0 aliphatic rings. The fraction of sp³-hybridized carbons (Fsp3) is 1.00. The van der Waals surface area contributed by atoms with Gasteiger partial charge in [-0.1, -0.05) is 41.5 Å². The van der Waals surface area contributed by atoms with Crippen LogP contribution in [0.5, 0.6) is 0 Å². The van der Waals surface area contributed by atoms with Gasteiger partial charge in [-0.25, -0.2) is 0 Å². The van der Waals surface area contributed by atoms with Crippen molar-refractivity contribution in [2.75, 3.05) is 6.61 Å². The van der Waals surface area contributed by atoms with E-state index in [0.29, 0.717) is 24.4 Å². The normalized spacial score (nSPS) is 17.0. The first kappa shape index (κ1) is 17.9. The second kappa shape index (κ2) is 6.91. The second-order valence-corrected chi connectivity index (χ2v) is 7.46. The van der Waals surface area contributed by atoms with Gasteiger partial charge in [0.2, 0.25) is 0 Å². The highest BCUT2D eigenvalue weighted by Crippen LogP contribution is 2.41. The topological polar surface area (TPSA) is 29.5 Å². The van der Waals surface area contributed by atoms with Crippen LogP contribution in [0.4, 0.5) is 0 Å². The van der Waals surface area contributed by atoms with Crippen molar-refractivity contribution in [3.05, 3.63) is 0 Å². The number of hydrogen-bond acceptors (Lipinski definition) is 2. The summed E-state index contributed by atoms with van der Waals surface area (Å²) in [6.45, 7) is 18.4. The number of aliphatic hydroxyl groups is 1. The highest BCUT2D eigenvalue weighted by atomic mass is 16.5. The van der Waals surface area contributed by atoms with Gasteiger partial charge in [-0.2, -0.15) is 0 Å². The zero-order valence-corrected chi connectivity index (χ0v) is 13.7. The van der Waals surface area contributed by atoms with Crippen LogP contribution in [0.15, 0.2) is 0 Å². The Labute approximate surface area is 114 Å². The Hall–Kier alpha value is -0.0800. The van der Waals surface area contributed by atoms with E-state index in [9.17, 15) is 5.11 Å². The molecule has 0 fully saturated rings. The van der Waals surface area contributed by atoms with Gasteiger partial charge in [0.1, 0.15) is 0 Å². The minimum atomic E-state index is -0.271. The molecule has 110 valence electrons. The Morgan fingerprint density at radius 1 is 0.944 bits per heavy atom. The minimum absolute atomic E-state index is 0.159. The van der Waals surface area contributed by atoms with Crippen LogP contribution in [0, 0.1) is 16.7 Å². The lowest BCUT2D eigenvalue weighted by molar-refractivity contribution is -0.0456. The van der Waals surface area contributed by atoms with Gasteiger partial charge in [-0.3, -0.25) is 0 Å². The Bertz CT molecular complexity index is 229. The van der Waals surface area contributed by atoms with Gasteiger partial charge in [-0.05, 0) is 43.4 Å². The van der Waals surface area contributed by atoms with Gasteiger partial charge >= 0.3 is 0 Å². The third-order valence-electron chi connectivity index (χ3n) is 4.48. The Balaban J connectivity index is 4.35. The molecule has 0 aromatic heterocycles. The van der Waals surface area contributed by atoms with Gasteiger partial charge in [0, 0.05) is 6.61 Å². The molecule has 2 unspecified atom stereocenters. The SMILES string of the molecule is CC(O)CCOC(C)C(C)(C)CC(C)(C)C(C)C. The lowest BCUT2D eigenvalue weighted by Gasteiger charge is -2.41. The molecule has 2 heteroatoms. The predicted molar refractivity (Wildman–Crippen MR) is 78.7 cm³/mol. The first-order valence-electron chi connectivity index (χ1n) is 7.28. The molecule has 0 bridgehead atoms. The minimum Gasteiger partial charge on any atom is -0.393 e. The average Bonchev–Trinajstić information content (AvgIpc) is 2.14. The monoisotopic (exact) mass is 258 g/mol. The van der Waals surface area contributed by atoms with Crippen LogP contribution < -0.4 is 0 Å². The summed E-state index contributed by atoms with van der Waals surface area (Å²) in [5.74, 6) is 0.668. The summed E-state index contributed by atoms with van der Waals surface area (Å²) in [4.78, 5) is 0. The fourth-order valence-corrected chi connectivity index (χ4v) is 2.16. The molecule has 2 atom stereocenters. The molecular weight excluding hydrogens is 224 g/mol. The molecule has 0 heterocycles. The molecule has 0 saturated heterocycles. The first-order chi connectivity index (χ1) is 7.99. The maximum Gasteiger partial charge on any atom is 0.0598 e. The highest BCUT2D eigenvalue weighted by molar-refractivity contribution is 4.85. The Morgan fingerprint density at radius 2 is 1.44 bits per heavy atom. The number of ether oxygens (including phenoxy) is 1. The van der Waals surface area contributed by atoms with Crippen LogP contribution >= 0.6 is 0 Å². The van der Waals surface area contributed by atoms with E-state index in [1.807, 2.05) is 0 Å². The van der Waals surface area contributed by atoms with Crippen molar-refractivity contribution in [2.24, 2.45) is 16.7 Å². The van der Waals surface area contributed by atoms with E-state index in [4.69, 9.17) is 4.74 Å². The first-order valence-corrected chi connectivity index (χ1v) is 7.28.